The molecule has 0 aliphatic carbocycles. The summed E-state index contributed by atoms with van der Waals surface area (Å²) in [5.41, 5.74) is 14.3. The van der Waals surface area contributed by atoms with E-state index < -0.39 is 10.9 Å². The minimum atomic E-state index is -1.18. The van der Waals surface area contributed by atoms with E-state index in [-0.39, 0.29) is 0 Å². The van der Waals surface area contributed by atoms with Crippen molar-refractivity contribution in [3.05, 3.63) is 135 Å². The van der Waals surface area contributed by atoms with Gasteiger partial charge in [0, 0.05) is 51.1 Å². The lowest BCUT2D eigenvalue weighted by Gasteiger charge is -2.34. The van der Waals surface area contributed by atoms with Crippen LogP contribution in [0.4, 0.5) is 0 Å². The highest BCUT2D eigenvalue weighted by molar-refractivity contribution is 6.50. The first-order valence-corrected chi connectivity index (χ1v) is 15.0. The Labute approximate surface area is 275 Å². The maximum atomic E-state index is 7.07. The molecule has 0 spiro atoms. The lowest BCUT2D eigenvalue weighted by molar-refractivity contribution is 0.748. The second-order valence-corrected chi connectivity index (χ2v) is 12.6. The molecule has 4 N–H and O–H groups in total. The molecule has 0 bridgehead atoms. The van der Waals surface area contributed by atoms with Crippen LogP contribution in [0.15, 0.2) is 72.8 Å². The summed E-state index contributed by atoms with van der Waals surface area (Å²) in [6, 6.07) is 20.6. The molecule has 4 aromatic carbocycles. The molecule has 0 amide bonds. The van der Waals surface area contributed by atoms with Gasteiger partial charge in [-0.1, -0.05) is 130 Å². The highest BCUT2D eigenvalue weighted by Gasteiger charge is 2.37. The fourth-order valence-corrected chi connectivity index (χ4v) is 6.91. The van der Waals surface area contributed by atoms with E-state index in [2.05, 4.69) is 0 Å². The molecule has 0 saturated carbocycles. The Hall–Kier alpha value is -0.750. The molecule has 0 aromatic heterocycles. The summed E-state index contributed by atoms with van der Waals surface area (Å²) in [6.45, 7) is 0. The van der Waals surface area contributed by atoms with E-state index in [0.717, 1.165) is 0 Å². The smallest absolute Gasteiger partial charge is 0.148 e. The maximum absolute atomic E-state index is 7.07. The van der Waals surface area contributed by atoms with Crippen LogP contribution in [0.3, 0.4) is 0 Å². The first kappa shape index (κ1) is 32.2. The number of hydrogen-bond donors (Lipinski definition) is 2. The molecular weight excluding hydrogens is 670 g/mol. The number of benzene rings is 4. The van der Waals surface area contributed by atoms with E-state index in [9.17, 15) is 0 Å². The molecule has 0 atom stereocenters. The van der Waals surface area contributed by atoms with E-state index >= 15 is 0 Å². The molecule has 2 nitrogen and oxygen atoms in total. The van der Waals surface area contributed by atoms with Gasteiger partial charge in [-0.25, -0.2) is 0 Å². The summed E-state index contributed by atoms with van der Waals surface area (Å²) in [5, 5.41) is 3.54. The van der Waals surface area contributed by atoms with Gasteiger partial charge in [-0.3, -0.25) is 0 Å². The van der Waals surface area contributed by atoms with E-state index in [0.29, 0.717) is 75.1 Å². The van der Waals surface area contributed by atoms with Gasteiger partial charge in [0.05, 0.1) is 0 Å². The highest BCUT2D eigenvalue weighted by Crippen LogP contribution is 2.40. The Balaban J connectivity index is 1.68. The van der Waals surface area contributed by atoms with Gasteiger partial charge in [0.2, 0.25) is 0 Å². The van der Waals surface area contributed by atoms with Crippen LogP contribution in [-0.4, -0.2) is 14.6 Å². The van der Waals surface area contributed by atoms with Crippen LogP contribution in [0.5, 0.6) is 0 Å². The fraction of sp³-hybridized carbons (Fsp3) is 0.143. The standard InChI is InChI=1S/C28H20B2Cl8N2/c31-15-1-5-19(23(35)11-15)27(39,20-6-2-16(32)12-24(20)36)29-9-10-30-28(40,21-7-3-17(33)13-25(21)37)22-8-4-18(34)14-26(22)38/h1-8,11-14H,9-10,39-40H2. The molecule has 0 unspecified atom stereocenters. The minimum Gasteiger partial charge on any atom is -0.325 e. The zero-order valence-corrected chi connectivity index (χ0v) is 26.7. The van der Waals surface area contributed by atoms with Gasteiger partial charge in [-0.05, 0) is 70.8 Å². The molecule has 0 fully saturated rings. The van der Waals surface area contributed by atoms with Crippen LogP contribution in [0.25, 0.3) is 0 Å². The van der Waals surface area contributed by atoms with Crippen molar-refractivity contribution in [3.63, 3.8) is 0 Å². The van der Waals surface area contributed by atoms with Gasteiger partial charge in [-0.2, -0.15) is 0 Å². The van der Waals surface area contributed by atoms with Crippen molar-refractivity contribution in [2.75, 3.05) is 0 Å². The van der Waals surface area contributed by atoms with Crippen LogP contribution in [-0.2, 0) is 10.9 Å². The van der Waals surface area contributed by atoms with Crippen molar-refractivity contribution in [3.8, 4) is 0 Å². The Morgan fingerprint density at radius 1 is 0.425 bits per heavy atom. The number of rotatable bonds is 9. The van der Waals surface area contributed by atoms with Crippen LogP contribution in [0.2, 0.25) is 52.8 Å². The summed E-state index contributed by atoms with van der Waals surface area (Å²) in [5.74, 6) is 0. The average Bonchev–Trinajstić information content (AvgIpc) is 2.86. The molecule has 2 radical (unpaired) electrons. The Bertz CT molecular complexity index is 1330. The van der Waals surface area contributed by atoms with E-state index in [1.165, 1.54) is 0 Å². The first-order chi connectivity index (χ1) is 18.8. The van der Waals surface area contributed by atoms with Crippen molar-refractivity contribution in [2.24, 2.45) is 11.5 Å². The average molecular weight is 690 g/mol. The molecular formula is C28H20B2Cl8N2. The van der Waals surface area contributed by atoms with Crippen LogP contribution >= 0.6 is 92.8 Å². The van der Waals surface area contributed by atoms with Crippen LogP contribution in [0.1, 0.15) is 22.3 Å². The molecule has 12 heteroatoms. The Kier molecular flexibility index (Phi) is 10.7. The third-order valence-electron chi connectivity index (χ3n) is 6.61. The summed E-state index contributed by atoms with van der Waals surface area (Å²) in [6.07, 6.45) is 0.952. The summed E-state index contributed by atoms with van der Waals surface area (Å²) in [4.78, 5) is 0. The Morgan fingerprint density at radius 2 is 0.650 bits per heavy atom. The van der Waals surface area contributed by atoms with Crippen molar-refractivity contribution in [1.29, 1.82) is 0 Å². The van der Waals surface area contributed by atoms with Gasteiger partial charge in [0.1, 0.15) is 14.6 Å². The van der Waals surface area contributed by atoms with Crippen LogP contribution < -0.4 is 11.5 Å². The molecule has 0 aliphatic heterocycles. The van der Waals surface area contributed by atoms with Gasteiger partial charge < -0.3 is 11.5 Å². The van der Waals surface area contributed by atoms with E-state index in [1.54, 1.807) is 72.8 Å². The first-order valence-electron chi connectivity index (χ1n) is 11.9. The van der Waals surface area contributed by atoms with Crippen molar-refractivity contribution < 1.29 is 0 Å². The topological polar surface area (TPSA) is 52.0 Å². The summed E-state index contributed by atoms with van der Waals surface area (Å²) >= 11 is 51.2. The molecule has 0 heterocycles. The normalized spacial score (nSPS) is 11.9. The largest absolute Gasteiger partial charge is 0.325 e. The summed E-state index contributed by atoms with van der Waals surface area (Å²) < 4.78 is 0. The number of halogens is 8. The minimum absolute atomic E-state index is 0.398. The van der Waals surface area contributed by atoms with E-state index in [4.69, 9.17) is 104 Å². The SMILES string of the molecule is NC([B]CC[B]C(N)(c1ccc(Cl)cc1Cl)c1ccc(Cl)cc1Cl)(c1ccc(Cl)cc1Cl)c1ccc(Cl)cc1Cl. The van der Waals surface area contributed by atoms with Crippen molar-refractivity contribution in [2.45, 2.75) is 23.5 Å². The molecule has 0 aliphatic rings. The molecule has 204 valence electrons. The lowest BCUT2D eigenvalue weighted by Crippen LogP contribution is -2.46. The lowest BCUT2D eigenvalue weighted by atomic mass is 9.44. The fourth-order valence-electron chi connectivity index (χ4n) is 4.65. The van der Waals surface area contributed by atoms with Gasteiger partial charge in [0.15, 0.2) is 0 Å². The van der Waals surface area contributed by atoms with Gasteiger partial charge in [0.25, 0.3) is 0 Å². The zero-order valence-electron chi connectivity index (χ0n) is 20.7. The molecule has 40 heavy (non-hydrogen) atoms. The second-order valence-electron chi connectivity index (χ2n) is 9.22. The molecule has 4 rings (SSSR count). The van der Waals surface area contributed by atoms with Crippen LogP contribution in [0, 0.1) is 0 Å². The zero-order chi connectivity index (χ0) is 29.2. The predicted molar refractivity (Wildman–Crippen MR) is 177 cm³/mol. The second kappa shape index (κ2) is 13.3. The third-order valence-corrected chi connectivity index (χ3v) is 8.80. The van der Waals surface area contributed by atoms with Gasteiger partial charge >= 0.3 is 0 Å². The summed E-state index contributed by atoms with van der Waals surface area (Å²) in [7, 11) is 3.86. The number of hydrogen-bond acceptors (Lipinski definition) is 2. The molecule has 4 aromatic rings. The maximum Gasteiger partial charge on any atom is 0.148 e. The monoisotopic (exact) mass is 686 g/mol. The highest BCUT2D eigenvalue weighted by atomic mass is 35.5. The number of nitrogens with two attached hydrogens (primary N) is 2. The quantitative estimate of drug-likeness (QED) is 0.136. The Morgan fingerprint density at radius 3 is 0.850 bits per heavy atom. The van der Waals surface area contributed by atoms with E-state index in [1.807, 2.05) is 14.6 Å². The van der Waals surface area contributed by atoms with Gasteiger partial charge in [-0.15, -0.1) is 0 Å². The van der Waals surface area contributed by atoms with Crippen molar-refractivity contribution >= 4 is 107 Å². The molecule has 0 saturated heterocycles. The third kappa shape index (κ3) is 6.90. The van der Waals surface area contributed by atoms with Crippen molar-refractivity contribution in [1.82, 2.24) is 0 Å². The predicted octanol–water partition coefficient (Wildman–Crippen LogP) is 10.2.